The van der Waals surface area contributed by atoms with Gasteiger partial charge >= 0.3 is 0 Å². The van der Waals surface area contributed by atoms with Crippen molar-refractivity contribution >= 4 is 16.6 Å². The van der Waals surface area contributed by atoms with Gasteiger partial charge in [0.25, 0.3) is 0 Å². The van der Waals surface area contributed by atoms with Crippen LogP contribution in [0.5, 0.6) is 11.5 Å². The zero-order valence-corrected chi connectivity index (χ0v) is 12.8. The van der Waals surface area contributed by atoms with E-state index in [2.05, 4.69) is 9.97 Å². The Balaban J connectivity index is 2.34. The van der Waals surface area contributed by atoms with E-state index in [0.717, 1.165) is 22.2 Å². The first-order valence-corrected chi connectivity index (χ1v) is 6.88. The maximum Gasteiger partial charge on any atom is 0.162 e. The number of anilines is 1. The van der Waals surface area contributed by atoms with Gasteiger partial charge in [-0.05, 0) is 25.1 Å². The predicted molar refractivity (Wildman–Crippen MR) is 87.2 cm³/mol. The van der Waals surface area contributed by atoms with Gasteiger partial charge < -0.3 is 15.2 Å². The fourth-order valence-electron chi connectivity index (χ4n) is 2.48. The van der Waals surface area contributed by atoms with Gasteiger partial charge in [0.05, 0.1) is 25.4 Å². The molecule has 0 unspecified atom stereocenters. The lowest BCUT2D eigenvalue weighted by atomic mass is 10.0. The summed E-state index contributed by atoms with van der Waals surface area (Å²) < 4.78 is 10.7. The molecule has 22 heavy (non-hydrogen) atoms. The smallest absolute Gasteiger partial charge is 0.162 e. The Hall–Kier alpha value is -2.82. The van der Waals surface area contributed by atoms with E-state index in [0.29, 0.717) is 23.0 Å². The number of aromatic nitrogens is 2. The molecule has 0 saturated heterocycles. The highest BCUT2D eigenvalue weighted by molar-refractivity contribution is 5.94. The maximum atomic E-state index is 5.89. The number of nitrogens with two attached hydrogens (primary N) is 1. The average molecular weight is 295 g/mol. The fraction of sp³-hybridized carbons (Fsp3) is 0.176. The molecule has 0 bridgehead atoms. The van der Waals surface area contributed by atoms with Gasteiger partial charge in [-0.25, -0.2) is 9.97 Å². The predicted octanol–water partition coefficient (Wildman–Crippen LogP) is 3.20. The quantitative estimate of drug-likeness (QED) is 0.751. The highest BCUT2D eigenvalue weighted by Crippen LogP contribution is 2.35. The largest absolute Gasteiger partial charge is 0.493 e. The van der Waals surface area contributed by atoms with Gasteiger partial charge in [0.1, 0.15) is 5.82 Å². The number of rotatable bonds is 3. The lowest BCUT2D eigenvalue weighted by molar-refractivity contribution is 0.356. The van der Waals surface area contributed by atoms with Crippen LogP contribution in [0.15, 0.2) is 36.4 Å². The lowest BCUT2D eigenvalue weighted by Crippen LogP contribution is -1.97. The number of aryl methyl sites for hydroxylation is 1. The number of methoxy groups -OCH3 is 2. The number of ether oxygens (including phenoxy) is 2. The monoisotopic (exact) mass is 295 g/mol. The third-order valence-electron chi connectivity index (χ3n) is 3.47. The SMILES string of the molecule is COc1cc2nc(C)nc(-c3cccc(N)c3)c2cc1OC. The number of nitrogen functional groups attached to an aromatic ring is 1. The van der Waals surface area contributed by atoms with E-state index in [4.69, 9.17) is 15.2 Å². The molecule has 112 valence electrons. The van der Waals surface area contributed by atoms with E-state index in [1.54, 1.807) is 14.2 Å². The van der Waals surface area contributed by atoms with Crippen LogP contribution in [0.3, 0.4) is 0 Å². The molecule has 1 aromatic heterocycles. The second kappa shape index (κ2) is 5.52. The lowest BCUT2D eigenvalue weighted by Gasteiger charge is -2.12. The Morgan fingerprint density at radius 2 is 1.68 bits per heavy atom. The minimum Gasteiger partial charge on any atom is -0.493 e. The normalized spacial score (nSPS) is 10.7. The van der Waals surface area contributed by atoms with Gasteiger partial charge in [-0.2, -0.15) is 0 Å². The zero-order chi connectivity index (χ0) is 15.7. The van der Waals surface area contributed by atoms with Crippen molar-refractivity contribution in [1.82, 2.24) is 9.97 Å². The molecule has 1 heterocycles. The molecule has 2 aromatic carbocycles. The first-order valence-electron chi connectivity index (χ1n) is 6.88. The van der Waals surface area contributed by atoms with Crippen molar-refractivity contribution in [2.45, 2.75) is 6.92 Å². The summed E-state index contributed by atoms with van der Waals surface area (Å²) in [6.45, 7) is 1.87. The Morgan fingerprint density at radius 1 is 0.955 bits per heavy atom. The van der Waals surface area contributed by atoms with Crippen molar-refractivity contribution in [2.75, 3.05) is 20.0 Å². The molecule has 0 spiro atoms. The van der Waals surface area contributed by atoms with Crippen LogP contribution in [0, 0.1) is 6.92 Å². The standard InChI is InChI=1S/C17H17N3O2/c1-10-19-14-9-16(22-3)15(21-2)8-13(14)17(20-10)11-5-4-6-12(18)7-11/h4-9H,18H2,1-3H3. The summed E-state index contributed by atoms with van der Waals surface area (Å²) in [6, 6.07) is 11.4. The third-order valence-corrected chi connectivity index (χ3v) is 3.47. The summed E-state index contributed by atoms with van der Waals surface area (Å²) in [5.74, 6) is 1.98. The highest BCUT2D eigenvalue weighted by atomic mass is 16.5. The van der Waals surface area contributed by atoms with Crippen molar-refractivity contribution in [3.8, 4) is 22.8 Å². The summed E-state index contributed by atoms with van der Waals surface area (Å²) >= 11 is 0. The number of hydrogen-bond acceptors (Lipinski definition) is 5. The molecule has 0 aliphatic heterocycles. The highest BCUT2D eigenvalue weighted by Gasteiger charge is 2.13. The van der Waals surface area contributed by atoms with Crippen LogP contribution in [0.4, 0.5) is 5.69 Å². The van der Waals surface area contributed by atoms with Crippen LogP contribution in [-0.4, -0.2) is 24.2 Å². The van der Waals surface area contributed by atoms with Crippen LogP contribution in [0.1, 0.15) is 5.82 Å². The summed E-state index contributed by atoms with van der Waals surface area (Å²) in [7, 11) is 3.22. The van der Waals surface area contributed by atoms with Gasteiger partial charge in [0, 0.05) is 22.7 Å². The van der Waals surface area contributed by atoms with Gasteiger partial charge in [0.15, 0.2) is 11.5 Å². The van der Waals surface area contributed by atoms with Gasteiger partial charge in [0.2, 0.25) is 0 Å². The van der Waals surface area contributed by atoms with E-state index in [-0.39, 0.29) is 0 Å². The molecule has 0 saturated carbocycles. The summed E-state index contributed by atoms with van der Waals surface area (Å²) in [5, 5.41) is 0.897. The third kappa shape index (κ3) is 2.41. The summed E-state index contributed by atoms with van der Waals surface area (Å²) in [4.78, 5) is 9.07. The van der Waals surface area contributed by atoms with E-state index >= 15 is 0 Å². The maximum absolute atomic E-state index is 5.89. The molecule has 0 amide bonds. The zero-order valence-electron chi connectivity index (χ0n) is 12.8. The van der Waals surface area contributed by atoms with Crippen molar-refractivity contribution in [3.63, 3.8) is 0 Å². The van der Waals surface area contributed by atoms with Crippen molar-refractivity contribution in [1.29, 1.82) is 0 Å². The number of fused-ring (bicyclic) bond motifs is 1. The van der Waals surface area contributed by atoms with E-state index in [1.807, 2.05) is 43.3 Å². The Kier molecular flexibility index (Phi) is 3.55. The van der Waals surface area contributed by atoms with Gasteiger partial charge in [-0.3, -0.25) is 0 Å². The Labute approximate surface area is 128 Å². The Bertz CT molecular complexity index is 847. The topological polar surface area (TPSA) is 70.3 Å². The minimum atomic E-state index is 0.645. The molecule has 0 fully saturated rings. The van der Waals surface area contributed by atoms with E-state index in [9.17, 15) is 0 Å². The molecular weight excluding hydrogens is 278 g/mol. The number of hydrogen-bond donors (Lipinski definition) is 1. The summed E-state index contributed by atoms with van der Waals surface area (Å²) in [5.41, 5.74) is 9.17. The van der Waals surface area contributed by atoms with Crippen molar-refractivity contribution in [2.24, 2.45) is 0 Å². The van der Waals surface area contributed by atoms with Crippen LogP contribution < -0.4 is 15.2 Å². The van der Waals surface area contributed by atoms with Crippen molar-refractivity contribution in [3.05, 3.63) is 42.2 Å². The summed E-state index contributed by atoms with van der Waals surface area (Å²) in [6.07, 6.45) is 0. The molecule has 0 atom stereocenters. The molecule has 0 aliphatic carbocycles. The molecule has 2 N–H and O–H groups in total. The second-order valence-electron chi connectivity index (χ2n) is 4.97. The molecule has 5 nitrogen and oxygen atoms in total. The number of nitrogens with zero attached hydrogens (tertiary/aromatic N) is 2. The van der Waals surface area contributed by atoms with Crippen LogP contribution in [0.25, 0.3) is 22.2 Å². The average Bonchev–Trinajstić information content (AvgIpc) is 2.52. The van der Waals surface area contributed by atoms with Crippen LogP contribution >= 0.6 is 0 Å². The first kappa shape index (κ1) is 14.1. The van der Waals surface area contributed by atoms with Crippen LogP contribution in [-0.2, 0) is 0 Å². The minimum absolute atomic E-state index is 0.645. The second-order valence-corrected chi connectivity index (χ2v) is 4.97. The molecule has 3 aromatic rings. The fourth-order valence-corrected chi connectivity index (χ4v) is 2.48. The van der Waals surface area contributed by atoms with Gasteiger partial charge in [-0.1, -0.05) is 12.1 Å². The first-order chi connectivity index (χ1) is 10.6. The van der Waals surface area contributed by atoms with E-state index in [1.165, 1.54) is 0 Å². The Morgan fingerprint density at radius 3 is 2.36 bits per heavy atom. The molecule has 0 radical (unpaired) electrons. The van der Waals surface area contributed by atoms with Crippen LogP contribution in [0.2, 0.25) is 0 Å². The molecule has 3 rings (SSSR count). The molecular formula is C17H17N3O2. The van der Waals surface area contributed by atoms with Crippen molar-refractivity contribution < 1.29 is 9.47 Å². The number of benzene rings is 2. The van der Waals surface area contributed by atoms with E-state index < -0.39 is 0 Å². The molecule has 5 heteroatoms. The molecule has 0 aliphatic rings. The van der Waals surface area contributed by atoms with Gasteiger partial charge in [-0.15, -0.1) is 0 Å².